The number of thiophene rings is 1. The van der Waals surface area contributed by atoms with E-state index in [4.69, 9.17) is 5.26 Å². The van der Waals surface area contributed by atoms with Crippen molar-refractivity contribution in [2.45, 2.75) is 6.92 Å². The van der Waals surface area contributed by atoms with Gasteiger partial charge in [-0.2, -0.15) is 15.3 Å². The molecule has 0 aliphatic heterocycles. The third kappa shape index (κ3) is 2.02. The van der Waals surface area contributed by atoms with Crippen molar-refractivity contribution in [3.05, 3.63) is 23.2 Å². The molecule has 0 atom stereocenters. The van der Waals surface area contributed by atoms with Gasteiger partial charge in [0.2, 0.25) is 5.95 Å². The van der Waals surface area contributed by atoms with E-state index < -0.39 is 0 Å². The third-order valence-electron chi connectivity index (χ3n) is 2.59. The Labute approximate surface area is 113 Å². The summed E-state index contributed by atoms with van der Waals surface area (Å²) in [7, 11) is 0. The van der Waals surface area contributed by atoms with Crippen LogP contribution in [0.5, 0.6) is 0 Å². The van der Waals surface area contributed by atoms with Crippen LogP contribution >= 0.6 is 11.3 Å². The van der Waals surface area contributed by atoms with Gasteiger partial charge >= 0.3 is 0 Å². The molecule has 0 fully saturated rings. The number of hydrogen-bond donors (Lipinski definition) is 2. The molecule has 0 aromatic carbocycles. The monoisotopic (exact) mass is 270 g/mol. The van der Waals surface area contributed by atoms with Crippen LogP contribution in [0.3, 0.4) is 0 Å². The lowest BCUT2D eigenvalue weighted by Gasteiger charge is -2.04. The van der Waals surface area contributed by atoms with Gasteiger partial charge in [-0.15, -0.1) is 11.3 Å². The molecule has 0 bridgehead atoms. The van der Waals surface area contributed by atoms with E-state index in [9.17, 15) is 0 Å². The minimum Gasteiger partial charge on any atom is -0.354 e. The van der Waals surface area contributed by atoms with E-state index in [0.29, 0.717) is 16.5 Å². The van der Waals surface area contributed by atoms with E-state index in [-0.39, 0.29) is 0 Å². The topological polar surface area (TPSA) is 90.3 Å². The molecule has 3 heterocycles. The minimum absolute atomic E-state index is 0.557. The average molecular weight is 270 g/mol. The van der Waals surface area contributed by atoms with Crippen LogP contribution in [0.2, 0.25) is 0 Å². The molecule has 6 nitrogen and oxygen atoms in total. The summed E-state index contributed by atoms with van der Waals surface area (Å²) < 4.78 is 0. The van der Waals surface area contributed by atoms with Crippen molar-refractivity contribution in [1.29, 1.82) is 5.26 Å². The predicted octanol–water partition coefficient (Wildman–Crippen LogP) is 2.38. The highest BCUT2D eigenvalue weighted by atomic mass is 32.1. The van der Waals surface area contributed by atoms with Crippen molar-refractivity contribution < 1.29 is 0 Å². The zero-order valence-electron chi connectivity index (χ0n) is 10.1. The van der Waals surface area contributed by atoms with Crippen LogP contribution in [-0.4, -0.2) is 26.7 Å². The molecule has 0 saturated carbocycles. The van der Waals surface area contributed by atoms with Crippen LogP contribution < -0.4 is 5.32 Å². The van der Waals surface area contributed by atoms with Crippen LogP contribution in [0.4, 0.5) is 5.95 Å². The zero-order valence-corrected chi connectivity index (χ0v) is 11.0. The second-order valence-corrected chi connectivity index (χ2v) is 4.92. The molecule has 7 heteroatoms. The molecule has 94 valence electrons. The Balaban J connectivity index is 2.20. The summed E-state index contributed by atoms with van der Waals surface area (Å²) in [5.74, 6) is 0.557. The summed E-state index contributed by atoms with van der Waals surface area (Å²) in [6.45, 7) is 2.73. The number of aromatic amines is 1. The van der Waals surface area contributed by atoms with Crippen molar-refractivity contribution >= 4 is 28.3 Å². The summed E-state index contributed by atoms with van der Waals surface area (Å²) in [6.07, 6.45) is 1.70. The second-order valence-electron chi connectivity index (χ2n) is 3.83. The second kappa shape index (κ2) is 4.66. The average Bonchev–Trinajstić information content (AvgIpc) is 3.06. The molecule has 0 unspecified atom stereocenters. The maximum Gasteiger partial charge on any atom is 0.225 e. The largest absolute Gasteiger partial charge is 0.354 e. The number of aromatic nitrogens is 4. The fourth-order valence-electron chi connectivity index (χ4n) is 1.79. The Kier molecular flexibility index (Phi) is 2.85. The quantitative estimate of drug-likeness (QED) is 0.762. The first-order chi connectivity index (χ1) is 9.31. The van der Waals surface area contributed by atoms with Crippen LogP contribution in [0.25, 0.3) is 21.6 Å². The highest BCUT2D eigenvalue weighted by molar-refractivity contribution is 7.16. The van der Waals surface area contributed by atoms with Crippen molar-refractivity contribution in [3.63, 3.8) is 0 Å². The number of anilines is 1. The van der Waals surface area contributed by atoms with Gasteiger partial charge in [0.15, 0.2) is 5.65 Å². The molecule has 0 amide bonds. The number of hydrogen-bond acceptors (Lipinski definition) is 6. The smallest absolute Gasteiger partial charge is 0.225 e. The number of nitrogens with zero attached hydrogens (tertiary/aromatic N) is 4. The Bertz CT molecular complexity index is 766. The molecular weight excluding hydrogens is 260 g/mol. The van der Waals surface area contributed by atoms with Gasteiger partial charge in [-0.25, -0.2) is 4.98 Å². The molecule has 3 aromatic heterocycles. The van der Waals surface area contributed by atoms with Crippen LogP contribution in [0, 0.1) is 11.3 Å². The Morgan fingerprint density at radius 1 is 1.42 bits per heavy atom. The number of H-pyrrole nitrogens is 1. The summed E-state index contributed by atoms with van der Waals surface area (Å²) in [5.41, 5.74) is 1.48. The molecule has 3 rings (SSSR count). The molecule has 3 aromatic rings. The molecule has 2 N–H and O–H groups in total. The van der Waals surface area contributed by atoms with E-state index in [0.717, 1.165) is 22.5 Å². The minimum atomic E-state index is 0.557. The lowest BCUT2D eigenvalue weighted by atomic mass is 10.2. The summed E-state index contributed by atoms with van der Waals surface area (Å²) in [6, 6.07) is 5.82. The lowest BCUT2D eigenvalue weighted by Crippen LogP contribution is -2.02. The van der Waals surface area contributed by atoms with Gasteiger partial charge in [0.1, 0.15) is 10.9 Å². The maximum absolute atomic E-state index is 8.91. The molecule has 0 spiro atoms. The summed E-state index contributed by atoms with van der Waals surface area (Å²) in [4.78, 5) is 10.4. The van der Waals surface area contributed by atoms with Crippen molar-refractivity contribution in [2.24, 2.45) is 0 Å². The van der Waals surface area contributed by atoms with E-state index in [2.05, 4.69) is 31.6 Å². The van der Waals surface area contributed by atoms with Crippen LogP contribution in [0.15, 0.2) is 18.3 Å². The van der Waals surface area contributed by atoms with Gasteiger partial charge in [0.05, 0.1) is 22.2 Å². The fraction of sp³-hybridized carbons (Fsp3) is 0.167. The fourth-order valence-corrected chi connectivity index (χ4v) is 2.59. The Morgan fingerprint density at radius 2 is 2.32 bits per heavy atom. The highest BCUT2D eigenvalue weighted by Crippen LogP contribution is 2.31. The van der Waals surface area contributed by atoms with Crippen LogP contribution in [-0.2, 0) is 0 Å². The Morgan fingerprint density at radius 3 is 3.05 bits per heavy atom. The lowest BCUT2D eigenvalue weighted by molar-refractivity contribution is 1.07. The van der Waals surface area contributed by atoms with E-state index in [1.54, 1.807) is 12.3 Å². The Hall–Kier alpha value is -2.46. The molecular formula is C12H10N6S. The van der Waals surface area contributed by atoms with Gasteiger partial charge < -0.3 is 5.32 Å². The van der Waals surface area contributed by atoms with Gasteiger partial charge in [0.25, 0.3) is 0 Å². The number of nitriles is 1. The maximum atomic E-state index is 8.91. The van der Waals surface area contributed by atoms with Crippen molar-refractivity contribution in [2.75, 3.05) is 11.9 Å². The van der Waals surface area contributed by atoms with Gasteiger partial charge in [-0.1, -0.05) is 0 Å². The molecule has 19 heavy (non-hydrogen) atoms. The standard InChI is InChI=1S/C12H10N6S/c1-2-14-12-16-10(8-6-15-18-11(8)17-12)9-4-3-7(5-13)19-9/h3-4,6H,2H2,1H3,(H2,14,15,16,17,18). The van der Waals surface area contributed by atoms with E-state index >= 15 is 0 Å². The van der Waals surface area contributed by atoms with E-state index in [1.807, 2.05) is 13.0 Å². The first kappa shape index (κ1) is 11.6. The van der Waals surface area contributed by atoms with Crippen molar-refractivity contribution in [1.82, 2.24) is 20.2 Å². The molecule has 0 aliphatic carbocycles. The summed E-state index contributed by atoms with van der Waals surface area (Å²) >= 11 is 1.41. The van der Waals surface area contributed by atoms with Crippen molar-refractivity contribution in [3.8, 4) is 16.6 Å². The molecule has 0 saturated heterocycles. The number of nitrogens with one attached hydrogen (secondary N) is 2. The third-order valence-corrected chi connectivity index (χ3v) is 3.59. The normalized spacial score (nSPS) is 10.5. The van der Waals surface area contributed by atoms with E-state index in [1.165, 1.54) is 11.3 Å². The predicted molar refractivity (Wildman–Crippen MR) is 73.9 cm³/mol. The van der Waals surface area contributed by atoms with Crippen LogP contribution in [0.1, 0.15) is 11.8 Å². The molecule has 0 radical (unpaired) electrons. The highest BCUT2D eigenvalue weighted by Gasteiger charge is 2.13. The van der Waals surface area contributed by atoms with Gasteiger partial charge in [-0.05, 0) is 19.1 Å². The summed E-state index contributed by atoms with van der Waals surface area (Å²) in [5, 5.41) is 19.7. The van der Waals surface area contributed by atoms with Gasteiger partial charge in [0, 0.05) is 6.54 Å². The molecule has 0 aliphatic rings. The SMILES string of the molecule is CCNc1nc(-c2ccc(C#N)s2)c2cn[nH]c2n1. The van der Waals surface area contributed by atoms with Gasteiger partial charge in [-0.3, -0.25) is 5.10 Å². The number of rotatable bonds is 3. The number of fused-ring (bicyclic) bond motifs is 1. The first-order valence-electron chi connectivity index (χ1n) is 5.77. The first-order valence-corrected chi connectivity index (χ1v) is 6.58. The zero-order chi connectivity index (χ0) is 13.2.